The van der Waals surface area contributed by atoms with Gasteiger partial charge in [0.1, 0.15) is 7.28 Å². The Morgan fingerprint density at radius 1 is 1.60 bits per heavy atom. The molecule has 2 unspecified atom stereocenters. The minimum atomic E-state index is 0.657. The molecule has 1 nitrogen and oxygen atoms in total. The van der Waals surface area contributed by atoms with Gasteiger partial charge in [-0.25, -0.2) is 0 Å². The minimum absolute atomic E-state index is 0.657. The molecule has 0 spiro atoms. The first-order valence-electron chi connectivity index (χ1n) is 4.29. The Balaban J connectivity index is 2.31. The first-order valence-corrected chi connectivity index (χ1v) is 4.29. The van der Waals surface area contributed by atoms with Crippen LogP contribution < -0.4 is 0 Å². The van der Waals surface area contributed by atoms with Crippen molar-refractivity contribution in [2.24, 2.45) is 16.8 Å². The van der Waals surface area contributed by atoms with Crippen LogP contribution in [0.15, 0.2) is 4.99 Å². The van der Waals surface area contributed by atoms with Crippen LogP contribution >= 0.6 is 0 Å². The number of hydrogen-bond acceptors (Lipinski definition) is 1. The predicted molar refractivity (Wildman–Crippen MR) is 48.4 cm³/mol. The third-order valence-electron chi connectivity index (χ3n) is 2.25. The Kier molecular flexibility index (Phi) is 2.53. The zero-order valence-electron chi connectivity index (χ0n) is 7.17. The molecule has 0 aliphatic carbocycles. The van der Waals surface area contributed by atoms with Crippen molar-refractivity contribution in [3.63, 3.8) is 0 Å². The Morgan fingerprint density at radius 2 is 2.30 bits per heavy atom. The lowest BCUT2D eigenvalue weighted by atomic mass is 9.68. The Bertz CT molecular complexity index is 131. The third-order valence-corrected chi connectivity index (χ3v) is 2.25. The second-order valence-corrected chi connectivity index (χ2v) is 3.48. The van der Waals surface area contributed by atoms with Gasteiger partial charge in [0.05, 0.1) is 6.04 Å². The summed E-state index contributed by atoms with van der Waals surface area (Å²) in [5, 5.41) is 0. The van der Waals surface area contributed by atoms with E-state index in [-0.39, 0.29) is 0 Å². The smallest absolute Gasteiger partial charge is 0.120 e. The second-order valence-electron chi connectivity index (χ2n) is 3.48. The molecule has 0 N–H and O–H groups in total. The Morgan fingerprint density at radius 3 is 2.60 bits per heavy atom. The molecule has 0 aromatic rings. The molecular formula is C8H16BN. The summed E-state index contributed by atoms with van der Waals surface area (Å²) in [6.07, 6.45) is 3.39. The highest BCUT2D eigenvalue weighted by Crippen LogP contribution is 2.25. The van der Waals surface area contributed by atoms with Gasteiger partial charge < -0.3 is 0 Å². The van der Waals surface area contributed by atoms with Crippen LogP contribution in [-0.2, 0) is 0 Å². The van der Waals surface area contributed by atoms with Gasteiger partial charge in [-0.15, -0.1) is 0 Å². The van der Waals surface area contributed by atoms with Crippen LogP contribution in [0.1, 0.15) is 13.8 Å². The maximum Gasteiger partial charge on any atom is 0.120 e. The van der Waals surface area contributed by atoms with E-state index < -0.39 is 0 Å². The zero-order chi connectivity index (χ0) is 7.56. The van der Waals surface area contributed by atoms with Gasteiger partial charge in [0.2, 0.25) is 0 Å². The van der Waals surface area contributed by atoms with Crippen molar-refractivity contribution in [2.45, 2.75) is 33.0 Å². The largest absolute Gasteiger partial charge is 0.294 e. The highest BCUT2D eigenvalue weighted by Gasteiger charge is 2.27. The molecule has 10 heavy (non-hydrogen) atoms. The first-order chi connectivity index (χ1) is 4.75. The second kappa shape index (κ2) is 3.22. The van der Waals surface area contributed by atoms with Gasteiger partial charge in [0, 0.05) is 12.1 Å². The summed E-state index contributed by atoms with van der Waals surface area (Å²) in [7, 11) is 1.27. The molecule has 0 saturated heterocycles. The quantitative estimate of drug-likeness (QED) is 0.524. The maximum absolute atomic E-state index is 4.34. The first kappa shape index (κ1) is 7.84. The molecule has 0 saturated carbocycles. The molecule has 2 heteroatoms. The van der Waals surface area contributed by atoms with Crippen molar-refractivity contribution in [2.75, 3.05) is 0 Å². The summed E-state index contributed by atoms with van der Waals surface area (Å²) < 4.78 is 0. The van der Waals surface area contributed by atoms with E-state index in [9.17, 15) is 0 Å². The standard InChI is InChI=1S/C8H16BN/c1-6(2)7-5-10-8(7)4-9-3/h5-9H,4H2,1-3H3. The van der Waals surface area contributed by atoms with E-state index in [1.54, 1.807) is 0 Å². The van der Waals surface area contributed by atoms with Gasteiger partial charge in [-0.05, 0) is 5.92 Å². The molecule has 0 bridgehead atoms. The van der Waals surface area contributed by atoms with E-state index in [1.807, 2.05) is 0 Å². The predicted octanol–water partition coefficient (Wildman–Crippen LogP) is 1.61. The van der Waals surface area contributed by atoms with Crippen molar-refractivity contribution < 1.29 is 0 Å². The third kappa shape index (κ3) is 1.42. The Hall–Kier alpha value is -0.265. The molecule has 2 atom stereocenters. The Labute approximate surface area is 64.2 Å². The van der Waals surface area contributed by atoms with Crippen molar-refractivity contribution in [1.82, 2.24) is 0 Å². The van der Waals surface area contributed by atoms with E-state index in [4.69, 9.17) is 0 Å². The molecule has 56 valence electrons. The van der Waals surface area contributed by atoms with Crippen LogP contribution in [0.25, 0.3) is 0 Å². The number of hydrogen-bond donors (Lipinski definition) is 0. The van der Waals surface area contributed by atoms with Crippen molar-refractivity contribution in [1.29, 1.82) is 0 Å². The molecule has 0 aromatic carbocycles. The summed E-state index contributed by atoms with van der Waals surface area (Å²) in [5.74, 6) is 1.56. The number of rotatable bonds is 3. The molecular weight excluding hydrogens is 121 g/mol. The lowest BCUT2D eigenvalue weighted by Gasteiger charge is -2.31. The summed E-state index contributed by atoms with van der Waals surface area (Å²) in [5.41, 5.74) is 0. The fourth-order valence-corrected chi connectivity index (χ4v) is 1.49. The highest BCUT2D eigenvalue weighted by molar-refractivity contribution is 6.33. The highest BCUT2D eigenvalue weighted by atomic mass is 14.9. The van der Waals surface area contributed by atoms with Crippen molar-refractivity contribution in [3.8, 4) is 0 Å². The van der Waals surface area contributed by atoms with Crippen molar-refractivity contribution in [3.05, 3.63) is 0 Å². The maximum atomic E-state index is 4.34. The molecule has 1 heterocycles. The van der Waals surface area contributed by atoms with Gasteiger partial charge in [-0.1, -0.05) is 27.0 Å². The summed E-state index contributed by atoms with van der Waals surface area (Å²) in [6.45, 7) is 6.78. The van der Waals surface area contributed by atoms with Crippen LogP contribution in [0.2, 0.25) is 13.1 Å². The average molecular weight is 137 g/mol. The molecule has 1 aliphatic rings. The van der Waals surface area contributed by atoms with E-state index in [1.165, 1.54) is 13.6 Å². The van der Waals surface area contributed by atoms with Crippen LogP contribution in [0.4, 0.5) is 0 Å². The summed E-state index contributed by atoms with van der Waals surface area (Å²) in [6, 6.07) is 0.657. The molecule has 0 radical (unpaired) electrons. The fourth-order valence-electron chi connectivity index (χ4n) is 1.49. The van der Waals surface area contributed by atoms with Crippen LogP contribution in [0.5, 0.6) is 0 Å². The lowest BCUT2D eigenvalue weighted by molar-refractivity contribution is 0.402. The normalized spacial score (nSPS) is 30.4. The molecule has 1 rings (SSSR count). The average Bonchev–Trinajstić information content (AvgIpc) is 1.78. The minimum Gasteiger partial charge on any atom is -0.294 e. The fraction of sp³-hybridized carbons (Fsp3) is 0.875. The number of nitrogens with zero attached hydrogens (tertiary/aromatic N) is 1. The molecule has 0 aromatic heterocycles. The number of aliphatic imine (C=N–C) groups is 1. The van der Waals surface area contributed by atoms with Crippen LogP contribution in [0.3, 0.4) is 0 Å². The topological polar surface area (TPSA) is 12.4 Å². The van der Waals surface area contributed by atoms with E-state index >= 15 is 0 Å². The monoisotopic (exact) mass is 137 g/mol. The zero-order valence-corrected chi connectivity index (χ0v) is 7.17. The molecule has 0 fully saturated rings. The van der Waals surface area contributed by atoms with Gasteiger partial charge in [-0.3, -0.25) is 4.99 Å². The molecule has 0 amide bonds. The molecule has 1 aliphatic heterocycles. The van der Waals surface area contributed by atoms with E-state index in [0.717, 1.165) is 11.8 Å². The summed E-state index contributed by atoms with van der Waals surface area (Å²) >= 11 is 0. The van der Waals surface area contributed by atoms with Crippen LogP contribution in [0, 0.1) is 11.8 Å². The van der Waals surface area contributed by atoms with E-state index in [0.29, 0.717) is 6.04 Å². The van der Waals surface area contributed by atoms with Gasteiger partial charge >= 0.3 is 0 Å². The SMILES string of the molecule is CBCC1N=CC1C(C)C. The lowest BCUT2D eigenvalue weighted by Crippen LogP contribution is -2.33. The van der Waals surface area contributed by atoms with Gasteiger partial charge in [-0.2, -0.15) is 0 Å². The van der Waals surface area contributed by atoms with Gasteiger partial charge in [0.15, 0.2) is 0 Å². The van der Waals surface area contributed by atoms with Gasteiger partial charge in [0.25, 0.3) is 0 Å². The summed E-state index contributed by atoms with van der Waals surface area (Å²) in [4.78, 5) is 4.34. The van der Waals surface area contributed by atoms with E-state index in [2.05, 4.69) is 31.9 Å². The van der Waals surface area contributed by atoms with Crippen LogP contribution in [-0.4, -0.2) is 19.5 Å². The van der Waals surface area contributed by atoms with Crippen molar-refractivity contribution >= 4 is 13.5 Å².